The summed E-state index contributed by atoms with van der Waals surface area (Å²) in [5, 5.41) is 0. The van der Waals surface area contributed by atoms with Crippen LogP contribution in [-0.2, 0) is 14.3 Å². The van der Waals surface area contributed by atoms with E-state index in [1.807, 2.05) is 25.1 Å². The molecule has 1 aromatic carbocycles. The van der Waals surface area contributed by atoms with Gasteiger partial charge in [-0.05, 0) is 68.6 Å². The Labute approximate surface area is 202 Å². The molecule has 2 atom stereocenters. The molecule has 6 heteroatoms. The first-order chi connectivity index (χ1) is 16.2. The first-order valence-corrected chi connectivity index (χ1v) is 12.6. The van der Waals surface area contributed by atoms with Gasteiger partial charge in [-0.15, -0.1) is 0 Å². The van der Waals surface area contributed by atoms with E-state index in [-0.39, 0.29) is 23.3 Å². The van der Waals surface area contributed by atoms with Gasteiger partial charge in [-0.3, -0.25) is 9.79 Å². The van der Waals surface area contributed by atoms with Gasteiger partial charge in [-0.1, -0.05) is 26.8 Å². The Balaban J connectivity index is 1.78. The third-order valence-corrected chi connectivity index (χ3v) is 7.17. The van der Waals surface area contributed by atoms with Crippen LogP contribution in [0.3, 0.4) is 0 Å². The summed E-state index contributed by atoms with van der Waals surface area (Å²) in [5.41, 5.74) is 2.72. The number of esters is 1. The Morgan fingerprint density at radius 2 is 1.85 bits per heavy atom. The van der Waals surface area contributed by atoms with E-state index in [0.29, 0.717) is 35.8 Å². The van der Waals surface area contributed by atoms with Gasteiger partial charge in [-0.25, -0.2) is 4.79 Å². The van der Waals surface area contributed by atoms with Gasteiger partial charge in [-0.2, -0.15) is 0 Å². The second-order valence-corrected chi connectivity index (χ2v) is 10.6. The van der Waals surface area contributed by atoms with Crippen molar-refractivity contribution in [2.75, 3.05) is 13.7 Å². The Kier molecular flexibility index (Phi) is 7.15. The number of allylic oxidation sites excluding steroid dienone is 1. The van der Waals surface area contributed by atoms with Crippen LogP contribution in [0.4, 0.5) is 0 Å². The molecule has 0 aromatic heterocycles. The predicted octanol–water partition coefficient (Wildman–Crippen LogP) is 5.79. The first-order valence-electron chi connectivity index (χ1n) is 12.6. The lowest BCUT2D eigenvalue weighted by molar-refractivity contribution is -0.144. The van der Waals surface area contributed by atoms with E-state index >= 15 is 0 Å². The van der Waals surface area contributed by atoms with Gasteiger partial charge < -0.3 is 14.2 Å². The molecule has 0 bridgehead atoms. The first kappa shape index (κ1) is 24.5. The van der Waals surface area contributed by atoms with Gasteiger partial charge in [0.05, 0.1) is 25.2 Å². The zero-order valence-corrected chi connectivity index (χ0v) is 21.1. The largest absolute Gasteiger partial charge is 0.493 e. The zero-order chi connectivity index (χ0) is 24.5. The lowest BCUT2D eigenvalue weighted by Gasteiger charge is -2.41. The number of aliphatic imine (C=N–C) groups is 1. The van der Waals surface area contributed by atoms with Gasteiger partial charge in [0.25, 0.3) is 0 Å². The Morgan fingerprint density at radius 3 is 2.53 bits per heavy atom. The third kappa shape index (κ3) is 4.91. The minimum absolute atomic E-state index is 0.0563. The number of benzene rings is 1. The second kappa shape index (κ2) is 9.93. The van der Waals surface area contributed by atoms with E-state index in [1.54, 1.807) is 7.11 Å². The average Bonchev–Trinajstić information content (AvgIpc) is 3.28. The van der Waals surface area contributed by atoms with E-state index in [1.165, 1.54) is 0 Å². The summed E-state index contributed by atoms with van der Waals surface area (Å²) in [4.78, 5) is 31.8. The molecule has 2 saturated carbocycles. The van der Waals surface area contributed by atoms with E-state index in [9.17, 15) is 9.59 Å². The van der Waals surface area contributed by atoms with Crippen LogP contribution in [0.2, 0.25) is 0 Å². The van der Waals surface area contributed by atoms with Crippen molar-refractivity contribution in [3.63, 3.8) is 0 Å². The fourth-order valence-corrected chi connectivity index (χ4v) is 5.65. The van der Waals surface area contributed by atoms with Crippen LogP contribution in [-0.4, -0.2) is 37.3 Å². The fraction of sp³-hybridized carbons (Fsp3) is 0.607. The van der Waals surface area contributed by atoms with E-state index in [4.69, 9.17) is 19.2 Å². The van der Waals surface area contributed by atoms with Crippen LogP contribution in [0.15, 0.2) is 34.5 Å². The summed E-state index contributed by atoms with van der Waals surface area (Å²) in [6.07, 6.45) is 5.97. The van der Waals surface area contributed by atoms with Crippen molar-refractivity contribution < 1.29 is 23.8 Å². The molecule has 6 nitrogen and oxygen atoms in total. The topological polar surface area (TPSA) is 74.2 Å². The summed E-state index contributed by atoms with van der Waals surface area (Å²) in [7, 11) is 1.61. The van der Waals surface area contributed by atoms with Crippen molar-refractivity contribution in [1.82, 2.24) is 0 Å². The molecular formula is C28H37NO5. The van der Waals surface area contributed by atoms with Crippen LogP contribution in [0.25, 0.3) is 0 Å². The van der Waals surface area contributed by atoms with Gasteiger partial charge in [0.2, 0.25) is 0 Å². The Morgan fingerprint density at radius 1 is 1.12 bits per heavy atom. The molecule has 184 valence electrons. The summed E-state index contributed by atoms with van der Waals surface area (Å²) < 4.78 is 17.4. The highest BCUT2D eigenvalue weighted by atomic mass is 16.5. The molecular weight excluding hydrogens is 430 g/mol. The standard InChI is InChI=1S/C28H37NO5/c1-6-13-33-22-12-11-18(14-23(22)32-5)25-24(27(31)34-19-9-7-8-10-19)17(2)29-20-15-28(3,4)16-21(30)26(20)25/h11-12,14,19,25-26H,6-10,13,15-16H2,1-5H3/t25-,26?/m1/s1. The SMILES string of the molecule is CCCOc1ccc([C@@H]2C(C(=O)OC3CCCC3)=C(C)N=C3CC(C)(C)CC(=O)C32)cc1OC. The molecule has 1 unspecified atom stereocenters. The summed E-state index contributed by atoms with van der Waals surface area (Å²) in [6.45, 7) is 8.71. The average molecular weight is 468 g/mol. The maximum absolute atomic E-state index is 13.5. The second-order valence-electron chi connectivity index (χ2n) is 10.6. The molecule has 0 spiro atoms. The smallest absolute Gasteiger partial charge is 0.336 e. The maximum atomic E-state index is 13.5. The Bertz CT molecular complexity index is 1020. The van der Waals surface area contributed by atoms with Crippen molar-refractivity contribution in [2.24, 2.45) is 16.3 Å². The molecule has 1 aromatic rings. The number of ketones is 1. The number of hydrogen-bond donors (Lipinski definition) is 0. The van der Waals surface area contributed by atoms with Crippen LogP contribution in [0.5, 0.6) is 11.5 Å². The van der Waals surface area contributed by atoms with E-state index in [0.717, 1.165) is 49.8 Å². The molecule has 4 rings (SSSR count). The quantitative estimate of drug-likeness (QED) is 0.475. The monoisotopic (exact) mass is 467 g/mol. The van der Waals surface area contributed by atoms with Crippen molar-refractivity contribution in [1.29, 1.82) is 0 Å². The van der Waals surface area contributed by atoms with E-state index in [2.05, 4.69) is 20.8 Å². The Hall–Kier alpha value is -2.63. The zero-order valence-electron chi connectivity index (χ0n) is 21.1. The molecule has 34 heavy (non-hydrogen) atoms. The molecule has 2 fully saturated rings. The minimum Gasteiger partial charge on any atom is -0.493 e. The lowest BCUT2D eigenvalue weighted by atomic mass is 9.63. The normalized spacial score (nSPS) is 24.5. The highest BCUT2D eigenvalue weighted by molar-refractivity contribution is 6.12. The summed E-state index contributed by atoms with van der Waals surface area (Å²) in [6, 6.07) is 5.73. The van der Waals surface area contributed by atoms with Crippen LogP contribution < -0.4 is 9.47 Å². The van der Waals surface area contributed by atoms with Gasteiger partial charge in [0.1, 0.15) is 11.9 Å². The molecule has 1 aliphatic heterocycles. The number of fused-ring (bicyclic) bond motifs is 1. The summed E-state index contributed by atoms with van der Waals surface area (Å²) in [5.74, 6) is 0.127. The number of rotatable bonds is 7. The highest BCUT2D eigenvalue weighted by Crippen LogP contribution is 2.48. The highest BCUT2D eigenvalue weighted by Gasteiger charge is 2.48. The van der Waals surface area contributed by atoms with Crippen molar-refractivity contribution >= 4 is 17.5 Å². The molecule has 0 amide bonds. The maximum Gasteiger partial charge on any atom is 0.336 e. The van der Waals surface area contributed by atoms with Crippen LogP contribution in [0, 0.1) is 11.3 Å². The number of ether oxygens (including phenoxy) is 3. The van der Waals surface area contributed by atoms with Crippen molar-refractivity contribution in [3.8, 4) is 11.5 Å². The van der Waals surface area contributed by atoms with Crippen LogP contribution in [0.1, 0.15) is 84.1 Å². The predicted molar refractivity (Wildman–Crippen MR) is 132 cm³/mol. The minimum atomic E-state index is -0.463. The molecule has 1 heterocycles. The molecule has 2 aliphatic carbocycles. The number of methoxy groups -OCH3 is 1. The van der Waals surface area contributed by atoms with Gasteiger partial charge in [0, 0.05) is 23.7 Å². The number of Topliss-reactive ketones (excluding diaryl/α,β-unsaturated/α-hetero) is 1. The number of carbonyl (C=O) groups is 2. The molecule has 0 N–H and O–H groups in total. The van der Waals surface area contributed by atoms with Gasteiger partial charge >= 0.3 is 5.97 Å². The van der Waals surface area contributed by atoms with E-state index < -0.39 is 11.8 Å². The molecule has 0 saturated heterocycles. The number of hydrogen-bond acceptors (Lipinski definition) is 6. The molecule has 0 radical (unpaired) electrons. The third-order valence-electron chi connectivity index (χ3n) is 7.17. The fourth-order valence-electron chi connectivity index (χ4n) is 5.65. The summed E-state index contributed by atoms with van der Waals surface area (Å²) >= 11 is 0. The number of carbonyl (C=O) groups excluding carboxylic acids is 2. The van der Waals surface area contributed by atoms with Crippen molar-refractivity contribution in [2.45, 2.75) is 84.7 Å². The van der Waals surface area contributed by atoms with Crippen molar-refractivity contribution in [3.05, 3.63) is 35.0 Å². The molecule has 3 aliphatic rings. The van der Waals surface area contributed by atoms with Crippen LogP contribution >= 0.6 is 0 Å². The number of nitrogens with zero attached hydrogens (tertiary/aromatic N) is 1. The van der Waals surface area contributed by atoms with Gasteiger partial charge in [0.15, 0.2) is 11.5 Å². The lowest BCUT2D eigenvalue weighted by Crippen LogP contribution is -2.44.